The molecule has 2 rings (SSSR count). The van der Waals surface area contributed by atoms with Crippen LogP contribution >= 0.6 is 0 Å². The number of Topliss-reactive ketones (excluding diaryl/α,β-unsaturated/α-hetero) is 1. The highest BCUT2D eigenvalue weighted by Gasteiger charge is 2.22. The molecule has 1 aromatic carbocycles. The number of rotatable bonds is 2. The Labute approximate surface area is 89.3 Å². The molecule has 0 aromatic heterocycles. The molecule has 0 amide bonds. The summed E-state index contributed by atoms with van der Waals surface area (Å²) in [5.74, 6) is 0.177. The summed E-state index contributed by atoms with van der Waals surface area (Å²) in [7, 11) is 0. The van der Waals surface area contributed by atoms with E-state index in [0.29, 0.717) is 24.2 Å². The van der Waals surface area contributed by atoms with Crippen molar-refractivity contribution in [1.29, 1.82) is 0 Å². The molecule has 1 nitrogen and oxygen atoms in total. The normalized spacial score (nSPS) is 21.7. The van der Waals surface area contributed by atoms with Gasteiger partial charge in [0.25, 0.3) is 0 Å². The number of carbonyl (C=O) groups is 1. The van der Waals surface area contributed by atoms with Crippen LogP contribution < -0.4 is 0 Å². The molecule has 0 N–H and O–H groups in total. The maximum absolute atomic E-state index is 13.4. The van der Waals surface area contributed by atoms with Crippen LogP contribution in [-0.2, 0) is 11.2 Å². The molecule has 1 fully saturated rings. The maximum atomic E-state index is 13.4. The molecule has 0 aliphatic heterocycles. The summed E-state index contributed by atoms with van der Waals surface area (Å²) in [6, 6.07) is 6.74. The SMILES string of the molecule is O=C1CCCC[C@H]1Cc1ccccc1F. The minimum Gasteiger partial charge on any atom is -0.299 e. The Bertz CT molecular complexity index is 359. The third-order valence-corrected chi connectivity index (χ3v) is 3.11. The Balaban J connectivity index is 2.08. The lowest BCUT2D eigenvalue weighted by atomic mass is 9.84. The van der Waals surface area contributed by atoms with Gasteiger partial charge in [-0.2, -0.15) is 0 Å². The molecular weight excluding hydrogens is 191 g/mol. The zero-order valence-corrected chi connectivity index (χ0v) is 8.71. The molecule has 1 atom stereocenters. The zero-order chi connectivity index (χ0) is 10.7. The van der Waals surface area contributed by atoms with Crippen molar-refractivity contribution in [2.24, 2.45) is 5.92 Å². The average molecular weight is 206 g/mol. The van der Waals surface area contributed by atoms with Gasteiger partial charge in [0.05, 0.1) is 0 Å². The number of benzene rings is 1. The minimum atomic E-state index is -0.184. The van der Waals surface area contributed by atoms with E-state index in [0.717, 1.165) is 19.3 Å². The van der Waals surface area contributed by atoms with E-state index in [2.05, 4.69) is 0 Å². The van der Waals surface area contributed by atoms with Gasteiger partial charge in [-0.1, -0.05) is 24.6 Å². The van der Waals surface area contributed by atoms with Gasteiger partial charge in [-0.3, -0.25) is 4.79 Å². The van der Waals surface area contributed by atoms with Gasteiger partial charge in [-0.05, 0) is 30.9 Å². The van der Waals surface area contributed by atoms with E-state index >= 15 is 0 Å². The standard InChI is InChI=1S/C13H15FO/c14-12-7-3-1-5-10(12)9-11-6-2-4-8-13(11)15/h1,3,5,7,11H,2,4,6,8-9H2/t11-/m0/s1. The van der Waals surface area contributed by atoms with Crippen LogP contribution in [0.3, 0.4) is 0 Å². The summed E-state index contributed by atoms with van der Waals surface area (Å²) in [4.78, 5) is 11.6. The van der Waals surface area contributed by atoms with E-state index in [1.165, 1.54) is 6.07 Å². The van der Waals surface area contributed by atoms with Crippen molar-refractivity contribution >= 4 is 5.78 Å². The Morgan fingerprint density at radius 2 is 2.07 bits per heavy atom. The number of hydrogen-bond donors (Lipinski definition) is 0. The summed E-state index contributed by atoms with van der Waals surface area (Å²) < 4.78 is 13.4. The Hall–Kier alpha value is -1.18. The lowest BCUT2D eigenvalue weighted by molar-refractivity contribution is -0.124. The van der Waals surface area contributed by atoms with Crippen LogP contribution in [0.1, 0.15) is 31.2 Å². The van der Waals surface area contributed by atoms with E-state index in [-0.39, 0.29) is 11.7 Å². The number of hydrogen-bond acceptors (Lipinski definition) is 1. The van der Waals surface area contributed by atoms with Crippen molar-refractivity contribution in [2.45, 2.75) is 32.1 Å². The summed E-state index contributed by atoms with van der Waals surface area (Å²) in [6.45, 7) is 0. The predicted molar refractivity (Wildman–Crippen MR) is 57.1 cm³/mol. The smallest absolute Gasteiger partial charge is 0.136 e. The first-order valence-electron chi connectivity index (χ1n) is 5.53. The van der Waals surface area contributed by atoms with E-state index < -0.39 is 0 Å². The average Bonchev–Trinajstić information content (AvgIpc) is 2.24. The van der Waals surface area contributed by atoms with Crippen LogP contribution in [0.5, 0.6) is 0 Å². The molecule has 0 spiro atoms. The summed E-state index contributed by atoms with van der Waals surface area (Å²) >= 11 is 0. The number of ketones is 1. The summed E-state index contributed by atoms with van der Waals surface area (Å²) in [6.07, 6.45) is 4.29. The van der Waals surface area contributed by atoms with Crippen LogP contribution in [0.2, 0.25) is 0 Å². The number of halogens is 1. The quantitative estimate of drug-likeness (QED) is 0.726. The monoisotopic (exact) mass is 206 g/mol. The van der Waals surface area contributed by atoms with Crippen molar-refractivity contribution in [1.82, 2.24) is 0 Å². The largest absolute Gasteiger partial charge is 0.299 e. The van der Waals surface area contributed by atoms with Crippen molar-refractivity contribution in [3.63, 3.8) is 0 Å². The molecule has 0 radical (unpaired) electrons. The van der Waals surface area contributed by atoms with Crippen molar-refractivity contribution in [3.8, 4) is 0 Å². The van der Waals surface area contributed by atoms with Crippen LogP contribution in [0.15, 0.2) is 24.3 Å². The highest BCUT2D eigenvalue weighted by Crippen LogP contribution is 2.24. The first-order valence-corrected chi connectivity index (χ1v) is 5.53. The fraction of sp³-hybridized carbons (Fsp3) is 0.462. The van der Waals surface area contributed by atoms with E-state index in [1.54, 1.807) is 12.1 Å². The minimum absolute atomic E-state index is 0.0515. The predicted octanol–water partition coefficient (Wildman–Crippen LogP) is 3.13. The van der Waals surface area contributed by atoms with Crippen LogP contribution in [0.4, 0.5) is 4.39 Å². The van der Waals surface area contributed by atoms with Crippen LogP contribution in [-0.4, -0.2) is 5.78 Å². The van der Waals surface area contributed by atoms with Gasteiger partial charge in [-0.25, -0.2) is 4.39 Å². The first kappa shape index (κ1) is 10.3. The molecule has 2 heteroatoms. The van der Waals surface area contributed by atoms with Crippen molar-refractivity contribution in [2.75, 3.05) is 0 Å². The molecule has 1 aromatic rings. The maximum Gasteiger partial charge on any atom is 0.136 e. The van der Waals surface area contributed by atoms with Crippen LogP contribution in [0.25, 0.3) is 0 Å². The summed E-state index contributed by atoms with van der Waals surface area (Å²) in [5.41, 5.74) is 0.678. The molecule has 1 saturated carbocycles. The van der Waals surface area contributed by atoms with E-state index in [1.807, 2.05) is 6.07 Å². The topological polar surface area (TPSA) is 17.1 Å². The molecule has 1 aliphatic rings. The highest BCUT2D eigenvalue weighted by atomic mass is 19.1. The lowest BCUT2D eigenvalue weighted by Crippen LogP contribution is -2.21. The Morgan fingerprint density at radius 1 is 1.27 bits per heavy atom. The van der Waals surface area contributed by atoms with Gasteiger partial charge in [0.15, 0.2) is 0 Å². The van der Waals surface area contributed by atoms with E-state index in [4.69, 9.17) is 0 Å². The molecule has 0 unspecified atom stereocenters. The lowest BCUT2D eigenvalue weighted by Gasteiger charge is -2.20. The van der Waals surface area contributed by atoms with Gasteiger partial charge < -0.3 is 0 Å². The van der Waals surface area contributed by atoms with Crippen molar-refractivity contribution < 1.29 is 9.18 Å². The second-order valence-electron chi connectivity index (χ2n) is 4.20. The number of carbonyl (C=O) groups excluding carboxylic acids is 1. The molecule has 1 aliphatic carbocycles. The van der Waals surface area contributed by atoms with Crippen molar-refractivity contribution in [3.05, 3.63) is 35.6 Å². The van der Waals surface area contributed by atoms with E-state index in [9.17, 15) is 9.18 Å². The fourth-order valence-electron chi connectivity index (χ4n) is 2.20. The van der Waals surface area contributed by atoms with Gasteiger partial charge in [-0.15, -0.1) is 0 Å². The second-order valence-corrected chi connectivity index (χ2v) is 4.20. The first-order chi connectivity index (χ1) is 7.27. The van der Waals surface area contributed by atoms with Gasteiger partial charge in [0.1, 0.15) is 11.6 Å². The Kier molecular flexibility index (Phi) is 3.14. The molecule has 15 heavy (non-hydrogen) atoms. The third kappa shape index (κ3) is 2.44. The second kappa shape index (κ2) is 4.56. The third-order valence-electron chi connectivity index (χ3n) is 3.11. The van der Waals surface area contributed by atoms with Gasteiger partial charge in [0.2, 0.25) is 0 Å². The molecular formula is C13H15FO. The molecule has 0 heterocycles. The molecule has 80 valence electrons. The van der Waals surface area contributed by atoms with Crippen LogP contribution in [0, 0.1) is 11.7 Å². The van der Waals surface area contributed by atoms with Gasteiger partial charge in [0, 0.05) is 12.3 Å². The van der Waals surface area contributed by atoms with Gasteiger partial charge >= 0.3 is 0 Å². The molecule has 0 bridgehead atoms. The summed E-state index contributed by atoms with van der Waals surface area (Å²) in [5, 5.41) is 0. The molecule has 0 saturated heterocycles. The highest BCUT2D eigenvalue weighted by molar-refractivity contribution is 5.81. The Morgan fingerprint density at radius 3 is 2.80 bits per heavy atom. The fourth-order valence-corrected chi connectivity index (χ4v) is 2.20. The zero-order valence-electron chi connectivity index (χ0n) is 8.71.